The van der Waals surface area contributed by atoms with Gasteiger partial charge in [0.25, 0.3) is 5.91 Å². The largest absolute Gasteiger partial charge is 0.389 e. The molecule has 0 aliphatic carbocycles. The zero-order chi connectivity index (χ0) is 15.6. The summed E-state index contributed by atoms with van der Waals surface area (Å²) >= 11 is 13.8. The van der Waals surface area contributed by atoms with Crippen LogP contribution in [0, 0.1) is 5.82 Å². The zero-order valence-electron chi connectivity index (χ0n) is 10.5. The molecular weight excluding hydrogens is 379 g/mol. The van der Waals surface area contributed by atoms with Crippen LogP contribution < -0.4 is 11.1 Å². The maximum absolute atomic E-state index is 13.5. The van der Waals surface area contributed by atoms with Gasteiger partial charge in [0.15, 0.2) is 0 Å². The van der Waals surface area contributed by atoms with E-state index in [0.29, 0.717) is 20.7 Å². The van der Waals surface area contributed by atoms with Crippen molar-refractivity contribution < 1.29 is 9.18 Å². The number of rotatable bonds is 3. The lowest BCUT2D eigenvalue weighted by Crippen LogP contribution is -2.15. The molecule has 0 aliphatic heterocycles. The minimum atomic E-state index is -0.534. The van der Waals surface area contributed by atoms with Gasteiger partial charge in [0, 0.05) is 20.7 Å². The average molecular weight is 388 g/mol. The first-order valence-corrected chi connectivity index (χ1v) is 7.32. The molecule has 0 radical (unpaired) electrons. The lowest BCUT2D eigenvalue weighted by atomic mass is 10.1. The summed E-state index contributed by atoms with van der Waals surface area (Å²) in [6, 6.07) is 8.81. The lowest BCUT2D eigenvalue weighted by molar-refractivity contribution is 0.102. The molecule has 0 spiro atoms. The average Bonchev–Trinajstić information content (AvgIpc) is 2.40. The molecular formula is C14H9BrClFN2OS. The molecule has 3 N–H and O–H groups in total. The predicted octanol–water partition coefficient (Wildman–Crippen LogP) is 4.13. The van der Waals surface area contributed by atoms with Gasteiger partial charge in [-0.15, -0.1) is 0 Å². The maximum Gasteiger partial charge on any atom is 0.256 e. The van der Waals surface area contributed by atoms with Crippen LogP contribution in [0.2, 0.25) is 5.02 Å². The van der Waals surface area contributed by atoms with Gasteiger partial charge in [-0.25, -0.2) is 4.39 Å². The number of anilines is 1. The van der Waals surface area contributed by atoms with Gasteiger partial charge in [0.2, 0.25) is 0 Å². The SMILES string of the molecule is NC(=S)c1cc(NC(=O)c2ccc(Cl)cc2Br)ccc1F. The Kier molecular flexibility index (Phi) is 4.92. The third kappa shape index (κ3) is 3.78. The van der Waals surface area contributed by atoms with Crippen LogP contribution in [0.25, 0.3) is 0 Å². The van der Waals surface area contributed by atoms with Gasteiger partial charge in [0.1, 0.15) is 10.8 Å². The first-order valence-electron chi connectivity index (χ1n) is 5.74. The highest BCUT2D eigenvalue weighted by molar-refractivity contribution is 9.10. The molecule has 0 fully saturated rings. The Balaban J connectivity index is 2.27. The summed E-state index contributed by atoms with van der Waals surface area (Å²) in [4.78, 5) is 12.1. The summed E-state index contributed by atoms with van der Waals surface area (Å²) in [5.41, 5.74) is 6.30. The summed E-state index contributed by atoms with van der Waals surface area (Å²) in [5.74, 6) is -0.896. The van der Waals surface area contributed by atoms with Crippen molar-refractivity contribution in [2.75, 3.05) is 5.32 Å². The van der Waals surface area contributed by atoms with Crippen LogP contribution in [0.4, 0.5) is 10.1 Å². The molecule has 21 heavy (non-hydrogen) atoms. The number of nitrogens with one attached hydrogen (secondary N) is 1. The summed E-state index contributed by atoms with van der Waals surface area (Å²) in [7, 11) is 0. The first kappa shape index (κ1) is 15.9. The van der Waals surface area contributed by atoms with E-state index >= 15 is 0 Å². The van der Waals surface area contributed by atoms with Gasteiger partial charge in [-0.1, -0.05) is 23.8 Å². The Morgan fingerprint density at radius 2 is 1.95 bits per heavy atom. The van der Waals surface area contributed by atoms with Gasteiger partial charge in [0.05, 0.1) is 5.56 Å². The van der Waals surface area contributed by atoms with Crippen molar-refractivity contribution in [2.24, 2.45) is 5.73 Å². The van der Waals surface area contributed by atoms with Crippen molar-refractivity contribution in [1.82, 2.24) is 0 Å². The van der Waals surface area contributed by atoms with E-state index in [1.165, 1.54) is 18.2 Å². The van der Waals surface area contributed by atoms with Crippen molar-refractivity contribution in [3.63, 3.8) is 0 Å². The topological polar surface area (TPSA) is 55.1 Å². The number of carbonyl (C=O) groups excluding carboxylic acids is 1. The Labute approximate surface area is 139 Å². The van der Waals surface area contributed by atoms with E-state index in [4.69, 9.17) is 29.6 Å². The van der Waals surface area contributed by atoms with Crippen LogP contribution in [0.1, 0.15) is 15.9 Å². The van der Waals surface area contributed by atoms with Crippen LogP contribution >= 0.6 is 39.7 Å². The molecule has 3 nitrogen and oxygen atoms in total. The Morgan fingerprint density at radius 1 is 1.24 bits per heavy atom. The number of hydrogen-bond donors (Lipinski definition) is 2. The molecule has 0 atom stereocenters. The molecule has 0 saturated heterocycles. The molecule has 7 heteroatoms. The van der Waals surface area contributed by atoms with E-state index in [-0.39, 0.29) is 16.5 Å². The summed E-state index contributed by atoms with van der Waals surface area (Å²) in [6.45, 7) is 0. The predicted molar refractivity (Wildman–Crippen MR) is 89.4 cm³/mol. The summed E-state index contributed by atoms with van der Waals surface area (Å²) < 4.78 is 14.0. The van der Waals surface area contributed by atoms with Crippen molar-refractivity contribution >= 4 is 56.3 Å². The molecule has 0 unspecified atom stereocenters. The fraction of sp³-hybridized carbons (Fsp3) is 0. The van der Waals surface area contributed by atoms with Gasteiger partial charge in [-0.05, 0) is 52.3 Å². The van der Waals surface area contributed by atoms with Crippen molar-refractivity contribution in [3.8, 4) is 0 Å². The second kappa shape index (κ2) is 6.51. The smallest absolute Gasteiger partial charge is 0.256 e. The van der Waals surface area contributed by atoms with E-state index in [0.717, 1.165) is 0 Å². The normalized spacial score (nSPS) is 10.2. The van der Waals surface area contributed by atoms with E-state index in [9.17, 15) is 9.18 Å². The second-order valence-corrected chi connectivity index (χ2v) is 5.87. The van der Waals surface area contributed by atoms with Crippen LogP contribution in [-0.4, -0.2) is 10.9 Å². The number of carbonyl (C=O) groups is 1. The number of halogens is 3. The van der Waals surface area contributed by atoms with Crippen molar-refractivity contribution in [3.05, 3.63) is 62.8 Å². The minimum absolute atomic E-state index is 0.0729. The molecule has 2 aromatic carbocycles. The Morgan fingerprint density at radius 3 is 2.57 bits per heavy atom. The van der Waals surface area contributed by atoms with Gasteiger partial charge < -0.3 is 11.1 Å². The second-order valence-electron chi connectivity index (χ2n) is 4.14. The maximum atomic E-state index is 13.5. The summed E-state index contributed by atoms with van der Waals surface area (Å²) in [5, 5.41) is 3.16. The lowest BCUT2D eigenvalue weighted by Gasteiger charge is -2.09. The van der Waals surface area contributed by atoms with E-state index in [1.807, 2.05) is 0 Å². The highest BCUT2D eigenvalue weighted by atomic mass is 79.9. The third-order valence-corrected chi connectivity index (χ3v) is 3.78. The monoisotopic (exact) mass is 386 g/mol. The molecule has 2 aromatic rings. The molecule has 0 bridgehead atoms. The molecule has 108 valence electrons. The third-order valence-electron chi connectivity index (χ3n) is 2.67. The van der Waals surface area contributed by atoms with Crippen LogP contribution in [-0.2, 0) is 0 Å². The van der Waals surface area contributed by atoms with Crippen LogP contribution in [0.15, 0.2) is 40.9 Å². The number of hydrogen-bond acceptors (Lipinski definition) is 2. The number of thiocarbonyl (C=S) groups is 1. The van der Waals surface area contributed by atoms with Gasteiger partial charge in [-0.3, -0.25) is 4.79 Å². The molecule has 0 aromatic heterocycles. The fourth-order valence-electron chi connectivity index (χ4n) is 1.66. The molecule has 0 aliphatic rings. The van der Waals surface area contributed by atoms with Crippen LogP contribution in [0.5, 0.6) is 0 Å². The highest BCUT2D eigenvalue weighted by Crippen LogP contribution is 2.23. The zero-order valence-corrected chi connectivity index (χ0v) is 13.7. The fourth-order valence-corrected chi connectivity index (χ4v) is 2.68. The van der Waals surface area contributed by atoms with E-state index in [1.54, 1.807) is 18.2 Å². The summed E-state index contributed by atoms with van der Waals surface area (Å²) in [6.07, 6.45) is 0. The van der Waals surface area contributed by atoms with Crippen molar-refractivity contribution in [2.45, 2.75) is 0 Å². The standard InChI is InChI=1S/C14H9BrClFN2OS/c15-11-5-7(16)1-3-9(11)14(20)19-8-2-4-12(17)10(6-8)13(18)21/h1-6H,(H2,18,21)(H,19,20). The Hall–Kier alpha value is -1.50. The molecule has 1 amide bonds. The quantitative estimate of drug-likeness (QED) is 0.779. The van der Waals surface area contributed by atoms with Crippen molar-refractivity contribution in [1.29, 1.82) is 0 Å². The molecule has 0 heterocycles. The van der Waals surface area contributed by atoms with Gasteiger partial charge >= 0.3 is 0 Å². The number of benzene rings is 2. The number of nitrogens with two attached hydrogens (primary N) is 1. The Bertz CT molecular complexity index is 739. The van der Waals surface area contributed by atoms with E-state index < -0.39 is 5.82 Å². The number of amides is 1. The van der Waals surface area contributed by atoms with E-state index in [2.05, 4.69) is 21.2 Å². The first-order chi connectivity index (χ1) is 9.88. The van der Waals surface area contributed by atoms with Gasteiger partial charge in [-0.2, -0.15) is 0 Å². The highest BCUT2D eigenvalue weighted by Gasteiger charge is 2.12. The minimum Gasteiger partial charge on any atom is -0.389 e. The molecule has 2 rings (SSSR count). The van der Waals surface area contributed by atoms with Crippen LogP contribution in [0.3, 0.4) is 0 Å². The molecule has 0 saturated carbocycles.